The molecule has 0 spiro atoms. The fraction of sp³-hybridized carbons (Fsp3) is 0. The highest BCUT2D eigenvalue weighted by molar-refractivity contribution is 6.32. The average Bonchev–Trinajstić information content (AvgIpc) is 2.17. The molecule has 2 rings (SSSR count). The summed E-state index contributed by atoms with van der Waals surface area (Å²) < 4.78 is 12.7. The third-order valence-electron chi connectivity index (χ3n) is 1.94. The highest BCUT2D eigenvalue weighted by atomic mass is 35.5. The van der Waals surface area contributed by atoms with Crippen LogP contribution in [0.2, 0.25) is 10.3 Å². The first-order valence-corrected chi connectivity index (χ1v) is 5.00. The van der Waals surface area contributed by atoms with Crippen molar-refractivity contribution < 1.29 is 4.39 Å². The number of hydrogen-bond acceptors (Lipinski definition) is 1. The summed E-state index contributed by atoms with van der Waals surface area (Å²) in [5.74, 6) is -0.273. The van der Waals surface area contributed by atoms with Crippen LogP contribution in [0.4, 0.5) is 4.39 Å². The van der Waals surface area contributed by atoms with Gasteiger partial charge in [0.1, 0.15) is 16.1 Å². The predicted octanol–water partition coefficient (Wildman–Crippen LogP) is 4.19. The van der Waals surface area contributed by atoms with Crippen molar-refractivity contribution in [3.63, 3.8) is 0 Å². The predicted molar refractivity (Wildman–Crippen MR) is 59.7 cm³/mol. The van der Waals surface area contributed by atoms with E-state index in [0.29, 0.717) is 10.3 Å². The van der Waals surface area contributed by atoms with E-state index in [4.69, 9.17) is 23.2 Å². The maximum absolute atomic E-state index is 12.7. The van der Waals surface area contributed by atoms with Crippen LogP contribution >= 0.6 is 23.2 Å². The van der Waals surface area contributed by atoms with E-state index < -0.39 is 0 Å². The van der Waals surface area contributed by atoms with Crippen LogP contribution in [0.5, 0.6) is 0 Å². The van der Waals surface area contributed by atoms with Crippen LogP contribution in [0.1, 0.15) is 0 Å². The molecule has 0 aliphatic carbocycles. The van der Waals surface area contributed by atoms with Crippen LogP contribution in [-0.4, -0.2) is 4.98 Å². The van der Waals surface area contributed by atoms with Crippen molar-refractivity contribution >= 4 is 23.2 Å². The van der Waals surface area contributed by atoms with Crippen molar-refractivity contribution in [1.29, 1.82) is 0 Å². The van der Waals surface area contributed by atoms with Gasteiger partial charge in [0.05, 0.1) is 0 Å². The first-order valence-electron chi connectivity index (χ1n) is 4.24. The quantitative estimate of drug-likeness (QED) is 0.683. The molecule has 0 unspecified atom stereocenters. The SMILES string of the molecule is Fc1ccc(-c2cc(Cl)nc(Cl)c2)cc1. The van der Waals surface area contributed by atoms with Gasteiger partial charge in [0, 0.05) is 0 Å². The fourth-order valence-corrected chi connectivity index (χ4v) is 1.73. The maximum Gasteiger partial charge on any atom is 0.131 e. The lowest BCUT2D eigenvalue weighted by molar-refractivity contribution is 0.628. The molecule has 1 heterocycles. The van der Waals surface area contributed by atoms with Crippen LogP contribution < -0.4 is 0 Å². The Kier molecular flexibility index (Phi) is 2.89. The number of hydrogen-bond donors (Lipinski definition) is 0. The van der Waals surface area contributed by atoms with Gasteiger partial charge in [0.15, 0.2) is 0 Å². The Morgan fingerprint density at radius 2 is 1.40 bits per heavy atom. The van der Waals surface area contributed by atoms with E-state index in [9.17, 15) is 4.39 Å². The standard InChI is InChI=1S/C11H6Cl2FN/c12-10-5-8(6-11(13)15-10)7-1-3-9(14)4-2-7/h1-6H. The summed E-state index contributed by atoms with van der Waals surface area (Å²) >= 11 is 11.5. The Balaban J connectivity index is 2.49. The summed E-state index contributed by atoms with van der Waals surface area (Å²) in [7, 11) is 0. The van der Waals surface area contributed by atoms with Crippen LogP contribution in [0.15, 0.2) is 36.4 Å². The molecule has 0 aliphatic heterocycles. The first kappa shape index (κ1) is 10.4. The average molecular weight is 242 g/mol. The second-order valence-electron chi connectivity index (χ2n) is 3.01. The van der Waals surface area contributed by atoms with Gasteiger partial charge in [-0.1, -0.05) is 35.3 Å². The van der Waals surface area contributed by atoms with Gasteiger partial charge in [-0.15, -0.1) is 0 Å². The molecule has 4 heteroatoms. The number of benzene rings is 1. The molecule has 1 nitrogen and oxygen atoms in total. The summed E-state index contributed by atoms with van der Waals surface area (Å²) in [6.07, 6.45) is 0. The van der Waals surface area contributed by atoms with E-state index in [-0.39, 0.29) is 5.82 Å². The highest BCUT2D eigenvalue weighted by Crippen LogP contribution is 2.24. The molecule has 2 aromatic rings. The Bertz CT molecular complexity index is 462. The van der Waals surface area contributed by atoms with Gasteiger partial charge >= 0.3 is 0 Å². The van der Waals surface area contributed by atoms with Gasteiger partial charge in [-0.25, -0.2) is 9.37 Å². The zero-order valence-corrected chi connectivity index (χ0v) is 9.06. The topological polar surface area (TPSA) is 12.9 Å². The molecular formula is C11H6Cl2FN. The third-order valence-corrected chi connectivity index (χ3v) is 2.33. The van der Waals surface area contributed by atoms with Gasteiger partial charge in [0.2, 0.25) is 0 Å². The molecule has 0 fully saturated rings. The zero-order valence-electron chi connectivity index (χ0n) is 7.55. The molecule has 0 radical (unpaired) electrons. The molecule has 0 bridgehead atoms. The summed E-state index contributed by atoms with van der Waals surface area (Å²) in [4.78, 5) is 3.83. The van der Waals surface area contributed by atoms with Gasteiger partial charge in [-0.05, 0) is 35.4 Å². The number of rotatable bonds is 1. The Hall–Kier alpha value is -1.12. The summed E-state index contributed by atoms with van der Waals surface area (Å²) in [5.41, 5.74) is 1.67. The van der Waals surface area contributed by atoms with Gasteiger partial charge < -0.3 is 0 Å². The van der Waals surface area contributed by atoms with Gasteiger partial charge in [-0.2, -0.15) is 0 Å². The third kappa shape index (κ3) is 2.46. The van der Waals surface area contributed by atoms with Crippen molar-refractivity contribution in [2.75, 3.05) is 0 Å². The lowest BCUT2D eigenvalue weighted by atomic mass is 10.1. The molecule has 0 N–H and O–H groups in total. The number of halogens is 3. The van der Waals surface area contributed by atoms with Crippen LogP contribution in [0.3, 0.4) is 0 Å². The molecule has 15 heavy (non-hydrogen) atoms. The molecule has 1 aromatic heterocycles. The minimum atomic E-state index is -0.273. The van der Waals surface area contributed by atoms with Crippen LogP contribution in [-0.2, 0) is 0 Å². The zero-order chi connectivity index (χ0) is 10.8. The second-order valence-corrected chi connectivity index (χ2v) is 3.78. The molecule has 0 amide bonds. The van der Waals surface area contributed by atoms with Crippen LogP contribution in [0.25, 0.3) is 11.1 Å². The molecule has 0 atom stereocenters. The van der Waals surface area contributed by atoms with E-state index in [1.165, 1.54) is 12.1 Å². The summed E-state index contributed by atoms with van der Waals surface area (Å²) in [6, 6.07) is 9.46. The van der Waals surface area contributed by atoms with E-state index in [1.807, 2.05) is 0 Å². The minimum Gasteiger partial charge on any atom is -0.224 e. The van der Waals surface area contributed by atoms with Gasteiger partial charge in [-0.3, -0.25) is 0 Å². The van der Waals surface area contributed by atoms with E-state index in [1.54, 1.807) is 24.3 Å². The normalized spacial score (nSPS) is 10.3. The molecule has 76 valence electrons. The van der Waals surface area contributed by atoms with Crippen molar-refractivity contribution in [3.8, 4) is 11.1 Å². The molecular weight excluding hydrogens is 236 g/mol. The molecule has 0 saturated carbocycles. The van der Waals surface area contributed by atoms with E-state index in [2.05, 4.69) is 4.98 Å². The summed E-state index contributed by atoms with van der Waals surface area (Å²) in [5, 5.41) is 0.642. The van der Waals surface area contributed by atoms with E-state index >= 15 is 0 Å². The first-order chi connectivity index (χ1) is 7.15. The van der Waals surface area contributed by atoms with Crippen molar-refractivity contribution in [3.05, 3.63) is 52.5 Å². The lowest BCUT2D eigenvalue weighted by Gasteiger charge is -2.02. The Morgan fingerprint density at radius 1 is 0.867 bits per heavy atom. The maximum atomic E-state index is 12.7. The minimum absolute atomic E-state index is 0.273. The number of pyridine rings is 1. The van der Waals surface area contributed by atoms with Crippen molar-refractivity contribution in [2.24, 2.45) is 0 Å². The molecule has 0 aliphatic rings. The number of aromatic nitrogens is 1. The largest absolute Gasteiger partial charge is 0.224 e. The summed E-state index contributed by atoms with van der Waals surface area (Å²) in [6.45, 7) is 0. The Labute approximate surface area is 96.5 Å². The second kappa shape index (κ2) is 4.17. The monoisotopic (exact) mass is 241 g/mol. The Morgan fingerprint density at radius 3 is 1.93 bits per heavy atom. The number of nitrogens with zero attached hydrogens (tertiary/aromatic N) is 1. The molecule has 1 aromatic carbocycles. The van der Waals surface area contributed by atoms with Crippen LogP contribution in [0, 0.1) is 5.82 Å². The van der Waals surface area contributed by atoms with E-state index in [0.717, 1.165) is 11.1 Å². The lowest BCUT2D eigenvalue weighted by Crippen LogP contribution is -1.82. The molecule has 0 saturated heterocycles. The highest BCUT2D eigenvalue weighted by Gasteiger charge is 2.02. The van der Waals surface area contributed by atoms with Gasteiger partial charge in [0.25, 0.3) is 0 Å². The van der Waals surface area contributed by atoms with Crippen molar-refractivity contribution in [2.45, 2.75) is 0 Å². The smallest absolute Gasteiger partial charge is 0.131 e. The fourth-order valence-electron chi connectivity index (χ4n) is 1.27. The van der Waals surface area contributed by atoms with Crippen molar-refractivity contribution in [1.82, 2.24) is 4.98 Å².